The Labute approximate surface area is 75.6 Å². The highest BCUT2D eigenvalue weighted by Gasteiger charge is 2.03. The molecule has 11 heavy (non-hydrogen) atoms. The fourth-order valence-electron chi connectivity index (χ4n) is 0.852. The van der Waals surface area contributed by atoms with Crippen molar-refractivity contribution >= 4 is 23.2 Å². The first kappa shape index (κ1) is 8.69. The molecule has 0 heterocycles. The van der Waals surface area contributed by atoms with Crippen LogP contribution in [0.3, 0.4) is 0 Å². The first-order valence-electron chi connectivity index (χ1n) is 3.32. The highest BCUT2D eigenvalue weighted by Crippen LogP contribution is 2.29. The number of rotatable bonds is 1. The lowest BCUT2D eigenvalue weighted by Crippen LogP contribution is -1.81. The van der Waals surface area contributed by atoms with Crippen LogP contribution in [0.4, 0.5) is 0 Å². The molecule has 0 atom stereocenters. The van der Waals surface area contributed by atoms with E-state index in [0.29, 0.717) is 10.0 Å². The summed E-state index contributed by atoms with van der Waals surface area (Å²) in [5, 5.41) is 10.1. The molecule has 0 saturated heterocycles. The summed E-state index contributed by atoms with van der Waals surface area (Å²) >= 11 is 11.4. The Morgan fingerprint density at radius 3 is 2.45 bits per heavy atom. The van der Waals surface area contributed by atoms with Crippen molar-refractivity contribution in [2.45, 2.75) is 13.3 Å². The van der Waals surface area contributed by atoms with Gasteiger partial charge >= 0.3 is 0 Å². The van der Waals surface area contributed by atoms with Crippen molar-refractivity contribution in [3.8, 4) is 5.75 Å². The molecule has 60 valence electrons. The van der Waals surface area contributed by atoms with Gasteiger partial charge in [-0.3, -0.25) is 0 Å². The van der Waals surface area contributed by atoms with E-state index in [1.165, 1.54) is 0 Å². The lowest BCUT2D eigenvalue weighted by molar-refractivity contribution is 0.475. The summed E-state index contributed by atoms with van der Waals surface area (Å²) in [6, 6.07) is 3.14. The molecule has 0 bridgehead atoms. The van der Waals surface area contributed by atoms with E-state index in [9.17, 15) is 0 Å². The van der Waals surface area contributed by atoms with Gasteiger partial charge < -0.3 is 5.11 Å². The lowest BCUT2D eigenvalue weighted by Gasteiger charge is -2.02. The van der Waals surface area contributed by atoms with E-state index >= 15 is 0 Å². The summed E-state index contributed by atoms with van der Waals surface area (Å²) in [7, 11) is 0. The van der Waals surface area contributed by atoms with Gasteiger partial charge in [0, 0.05) is 5.02 Å². The van der Waals surface area contributed by atoms with Crippen LogP contribution in [0.2, 0.25) is 10.0 Å². The maximum Gasteiger partial charge on any atom is 0.134 e. The monoisotopic (exact) mass is 190 g/mol. The number of halogens is 2. The van der Waals surface area contributed by atoms with Crippen molar-refractivity contribution in [3.05, 3.63) is 27.7 Å². The van der Waals surface area contributed by atoms with Gasteiger partial charge in [0.2, 0.25) is 0 Å². The van der Waals surface area contributed by atoms with Crippen molar-refractivity contribution in [1.29, 1.82) is 0 Å². The molecule has 0 fully saturated rings. The van der Waals surface area contributed by atoms with Crippen LogP contribution in [0.25, 0.3) is 0 Å². The first-order chi connectivity index (χ1) is 5.15. The minimum absolute atomic E-state index is 0.0907. The van der Waals surface area contributed by atoms with Gasteiger partial charge in [0.25, 0.3) is 0 Å². The van der Waals surface area contributed by atoms with Gasteiger partial charge in [-0.05, 0) is 24.1 Å². The Balaban J connectivity index is 3.21. The number of aromatic hydroxyl groups is 1. The van der Waals surface area contributed by atoms with Crippen LogP contribution in [0.15, 0.2) is 12.1 Å². The van der Waals surface area contributed by atoms with E-state index < -0.39 is 0 Å². The average molecular weight is 191 g/mol. The maximum atomic E-state index is 9.17. The molecule has 0 aliphatic carbocycles. The van der Waals surface area contributed by atoms with Crippen molar-refractivity contribution < 1.29 is 5.11 Å². The Kier molecular flexibility index (Phi) is 2.63. The van der Waals surface area contributed by atoms with Gasteiger partial charge in [-0.25, -0.2) is 0 Å². The molecular weight excluding hydrogens is 183 g/mol. The van der Waals surface area contributed by atoms with Gasteiger partial charge in [0.1, 0.15) is 5.75 Å². The largest absolute Gasteiger partial charge is 0.506 e. The summed E-state index contributed by atoms with van der Waals surface area (Å²) in [5.74, 6) is 0.0907. The summed E-state index contributed by atoms with van der Waals surface area (Å²) in [5.41, 5.74) is 0.911. The molecule has 1 aromatic rings. The predicted molar refractivity (Wildman–Crippen MR) is 47.5 cm³/mol. The van der Waals surface area contributed by atoms with Crippen molar-refractivity contribution in [2.24, 2.45) is 0 Å². The fraction of sp³-hybridized carbons (Fsp3) is 0.250. The SMILES string of the molecule is CCc1cc(O)c(Cl)cc1Cl. The highest BCUT2D eigenvalue weighted by molar-refractivity contribution is 6.35. The zero-order chi connectivity index (χ0) is 8.43. The van der Waals surface area contributed by atoms with E-state index in [1.807, 2.05) is 6.92 Å². The predicted octanol–water partition coefficient (Wildman–Crippen LogP) is 3.26. The van der Waals surface area contributed by atoms with Crippen LogP contribution in [0, 0.1) is 0 Å². The molecule has 0 saturated carbocycles. The van der Waals surface area contributed by atoms with Crippen molar-refractivity contribution in [3.63, 3.8) is 0 Å². The quantitative estimate of drug-likeness (QED) is 0.722. The van der Waals surface area contributed by atoms with E-state index in [-0.39, 0.29) is 5.75 Å². The highest BCUT2D eigenvalue weighted by atomic mass is 35.5. The van der Waals surface area contributed by atoms with Gasteiger partial charge in [-0.15, -0.1) is 0 Å². The third-order valence-electron chi connectivity index (χ3n) is 1.50. The first-order valence-corrected chi connectivity index (χ1v) is 4.07. The number of hydrogen-bond donors (Lipinski definition) is 1. The second kappa shape index (κ2) is 3.33. The second-order valence-corrected chi connectivity index (χ2v) is 3.06. The zero-order valence-corrected chi connectivity index (χ0v) is 7.58. The molecule has 0 amide bonds. The average Bonchev–Trinajstić information content (AvgIpc) is 1.97. The fourth-order valence-corrected chi connectivity index (χ4v) is 1.37. The van der Waals surface area contributed by atoms with E-state index in [4.69, 9.17) is 28.3 Å². The topological polar surface area (TPSA) is 20.2 Å². The maximum absolute atomic E-state index is 9.17. The van der Waals surface area contributed by atoms with Crippen LogP contribution in [-0.2, 0) is 6.42 Å². The number of aryl methyl sites for hydroxylation is 1. The van der Waals surface area contributed by atoms with Crippen molar-refractivity contribution in [1.82, 2.24) is 0 Å². The van der Waals surface area contributed by atoms with Gasteiger partial charge in [0.05, 0.1) is 5.02 Å². The normalized spacial score (nSPS) is 10.1. The molecule has 0 unspecified atom stereocenters. The minimum atomic E-state index is 0.0907. The molecule has 1 rings (SSSR count). The van der Waals surface area contributed by atoms with E-state index in [1.54, 1.807) is 12.1 Å². The zero-order valence-electron chi connectivity index (χ0n) is 6.06. The van der Waals surface area contributed by atoms with Crippen molar-refractivity contribution in [2.75, 3.05) is 0 Å². The van der Waals surface area contributed by atoms with Crippen LogP contribution in [0.5, 0.6) is 5.75 Å². The Hall–Kier alpha value is -0.400. The molecule has 1 N–H and O–H groups in total. The molecule has 0 aromatic heterocycles. The molecular formula is C8H8Cl2O. The smallest absolute Gasteiger partial charge is 0.134 e. The van der Waals surface area contributed by atoms with E-state index in [2.05, 4.69) is 0 Å². The molecule has 1 nitrogen and oxygen atoms in total. The molecule has 0 radical (unpaired) electrons. The summed E-state index contributed by atoms with van der Waals surface area (Å²) < 4.78 is 0. The van der Waals surface area contributed by atoms with Crippen LogP contribution < -0.4 is 0 Å². The van der Waals surface area contributed by atoms with Crippen LogP contribution in [0.1, 0.15) is 12.5 Å². The van der Waals surface area contributed by atoms with Crippen LogP contribution in [-0.4, -0.2) is 5.11 Å². The molecule has 0 aliphatic rings. The number of phenolic OH excluding ortho intramolecular Hbond substituents is 1. The lowest BCUT2D eigenvalue weighted by atomic mass is 10.1. The Morgan fingerprint density at radius 2 is 1.91 bits per heavy atom. The van der Waals surface area contributed by atoms with E-state index in [0.717, 1.165) is 12.0 Å². The summed E-state index contributed by atoms with van der Waals surface area (Å²) in [4.78, 5) is 0. The molecule has 0 spiro atoms. The number of hydrogen-bond acceptors (Lipinski definition) is 1. The number of phenols is 1. The third-order valence-corrected chi connectivity index (χ3v) is 2.15. The third kappa shape index (κ3) is 1.79. The number of benzene rings is 1. The molecule has 1 aromatic carbocycles. The molecule has 0 aliphatic heterocycles. The standard InChI is InChI=1S/C8H8Cl2O/c1-2-5-3-8(11)7(10)4-6(5)9/h3-4,11H,2H2,1H3. The Morgan fingerprint density at radius 1 is 1.27 bits per heavy atom. The minimum Gasteiger partial charge on any atom is -0.506 e. The second-order valence-electron chi connectivity index (χ2n) is 2.25. The van der Waals surface area contributed by atoms with Crippen LogP contribution >= 0.6 is 23.2 Å². The van der Waals surface area contributed by atoms with Gasteiger partial charge in [-0.2, -0.15) is 0 Å². The molecule has 3 heteroatoms. The summed E-state index contributed by atoms with van der Waals surface area (Å²) in [6.45, 7) is 1.97. The van der Waals surface area contributed by atoms with Gasteiger partial charge in [0.15, 0.2) is 0 Å². The Bertz CT molecular complexity index is 271. The summed E-state index contributed by atoms with van der Waals surface area (Å²) in [6.07, 6.45) is 0.795. The van der Waals surface area contributed by atoms with Gasteiger partial charge in [-0.1, -0.05) is 30.1 Å².